The number of thiazole rings is 2. The first kappa shape index (κ1) is 12.5. The summed E-state index contributed by atoms with van der Waals surface area (Å²) in [5.74, 6) is 0. The van der Waals surface area contributed by atoms with Crippen molar-refractivity contribution in [3.05, 3.63) is 32.7 Å². The highest BCUT2D eigenvalue weighted by Crippen LogP contribution is 2.35. The molecule has 1 unspecified atom stereocenters. The molecule has 1 N–H and O–H groups in total. The maximum absolute atomic E-state index is 12.4. The minimum atomic E-state index is -4.39. The number of hydrogen-bond donors (Lipinski definition) is 1. The lowest BCUT2D eigenvalue weighted by Gasteiger charge is -2.10. The fourth-order valence-corrected chi connectivity index (χ4v) is 2.84. The molecule has 0 radical (unpaired) electrons. The summed E-state index contributed by atoms with van der Waals surface area (Å²) in [4.78, 5) is 7.99. The molecule has 2 heterocycles. The van der Waals surface area contributed by atoms with Gasteiger partial charge in [0.15, 0.2) is 5.01 Å². The summed E-state index contributed by atoms with van der Waals surface area (Å²) in [5.41, 5.74) is 2.35. The first-order valence-electron chi connectivity index (χ1n) is 4.60. The normalized spacial score (nSPS) is 13.9. The van der Waals surface area contributed by atoms with Gasteiger partial charge in [-0.1, -0.05) is 0 Å². The predicted octanol–water partition coefficient (Wildman–Crippen LogP) is 2.93. The smallest absolute Gasteiger partial charge is 0.307 e. The molecule has 2 aromatic heterocycles. The molecule has 0 aliphatic heterocycles. The molecule has 0 fully saturated rings. The highest BCUT2D eigenvalue weighted by Gasteiger charge is 2.35. The average molecular weight is 279 g/mol. The monoisotopic (exact) mass is 279 g/mol. The third-order valence-corrected chi connectivity index (χ3v) is 3.80. The van der Waals surface area contributed by atoms with E-state index in [4.69, 9.17) is 0 Å². The summed E-state index contributed by atoms with van der Waals surface area (Å²) >= 11 is 2.04. The number of alkyl halides is 3. The SMILES string of the molecule is CNC(c1cscn1)c1cnc(C(F)(F)F)s1. The first-order valence-corrected chi connectivity index (χ1v) is 6.36. The molecule has 17 heavy (non-hydrogen) atoms. The number of nitrogens with one attached hydrogen (secondary N) is 1. The fraction of sp³-hybridized carbons (Fsp3) is 0.333. The van der Waals surface area contributed by atoms with Gasteiger partial charge in [-0.05, 0) is 7.05 Å². The zero-order chi connectivity index (χ0) is 12.5. The molecule has 0 aliphatic carbocycles. The van der Waals surface area contributed by atoms with Crippen molar-refractivity contribution < 1.29 is 13.2 Å². The van der Waals surface area contributed by atoms with Crippen LogP contribution in [-0.4, -0.2) is 17.0 Å². The molecular weight excluding hydrogens is 271 g/mol. The second kappa shape index (κ2) is 4.71. The molecule has 0 amide bonds. The van der Waals surface area contributed by atoms with Crippen LogP contribution in [0.25, 0.3) is 0 Å². The number of rotatable bonds is 3. The summed E-state index contributed by atoms with van der Waals surface area (Å²) in [7, 11) is 1.68. The van der Waals surface area contributed by atoms with Gasteiger partial charge in [0.05, 0.1) is 17.2 Å². The zero-order valence-electron chi connectivity index (χ0n) is 8.65. The largest absolute Gasteiger partial charge is 0.443 e. The Morgan fingerprint density at radius 3 is 2.59 bits per heavy atom. The second-order valence-electron chi connectivity index (χ2n) is 3.20. The van der Waals surface area contributed by atoms with Crippen LogP contribution in [0.3, 0.4) is 0 Å². The molecule has 2 aromatic rings. The Morgan fingerprint density at radius 2 is 2.12 bits per heavy atom. The van der Waals surface area contributed by atoms with Crippen molar-refractivity contribution in [1.82, 2.24) is 15.3 Å². The van der Waals surface area contributed by atoms with E-state index in [1.54, 1.807) is 17.9 Å². The summed E-state index contributed by atoms with van der Waals surface area (Å²) in [6, 6.07) is -0.338. The molecule has 0 saturated carbocycles. The second-order valence-corrected chi connectivity index (χ2v) is 4.98. The predicted molar refractivity (Wildman–Crippen MR) is 60.1 cm³/mol. The molecule has 0 spiro atoms. The van der Waals surface area contributed by atoms with Crippen molar-refractivity contribution in [1.29, 1.82) is 0 Å². The number of aromatic nitrogens is 2. The number of halogens is 3. The van der Waals surface area contributed by atoms with Crippen LogP contribution >= 0.6 is 22.7 Å². The summed E-state index contributed by atoms with van der Waals surface area (Å²) in [6.07, 6.45) is -3.14. The van der Waals surface area contributed by atoms with E-state index in [-0.39, 0.29) is 6.04 Å². The number of hydrogen-bond acceptors (Lipinski definition) is 5. The summed E-state index contributed by atoms with van der Waals surface area (Å²) in [5, 5.41) is 3.90. The molecule has 0 aliphatic rings. The van der Waals surface area contributed by atoms with Gasteiger partial charge in [-0.3, -0.25) is 0 Å². The zero-order valence-corrected chi connectivity index (χ0v) is 10.3. The summed E-state index contributed by atoms with van der Waals surface area (Å²) < 4.78 is 37.3. The van der Waals surface area contributed by atoms with Crippen LogP contribution in [0.1, 0.15) is 21.6 Å². The van der Waals surface area contributed by atoms with Gasteiger partial charge in [0.2, 0.25) is 0 Å². The van der Waals surface area contributed by atoms with Gasteiger partial charge in [-0.2, -0.15) is 13.2 Å². The van der Waals surface area contributed by atoms with Crippen molar-refractivity contribution in [2.24, 2.45) is 0 Å². The molecule has 1 atom stereocenters. The van der Waals surface area contributed by atoms with E-state index in [1.165, 1.54) is 17.5 Å². The van der Waals surface area contributed by atoms with E-state index in [0.717, 1.165) is 0 Å². The van der Waals surface area contributed by atoms with E-state index >= 15 is 0 Å². The van der Waals surface area contributed by atoms with Crippen LogP contribution in [0.5, 0.6) is 0 Å². The lowest BCUT2D eigenvalue weighted by molar-refractivity contribution is -0.137. The maximum atomic E-state index is 12.4. The lowest BCUT2D eigenvalue weighted by atomic mass is 10.2. The van der Waals surface area contributed by atoms with Gasteiger partial charge >= 0.3 is 6.18 Å². The highest BCUT2D eigenvalue weighted by molar-refractivity contribution is 7.11. The van der Waals surface area contributed by atoms with Gasteiger partial charge in [-0.25, -0.2) is 9.97 Å². The van der Waals surface area contributed by atoms with Crippen molar-refractivity contribution >= 4 is 22.7 Å². The molecule has 0 saturated heterocycles. The standard InChI is InChI=1S/C9H8F3N3S2/c1-13-7(5-3-16-4-15-5)6-2-14-8(17-6)9(10,11)12/h2-4,7,13H,1H3. The van der Waals surface area contributed by atoms with Crippen LogP contribution in [0.2, 0.25) is 0 Å². The van der Waals surface area contributed by atoms with Crippen LogP contribution in [0.15, 0.2) is 17.1 Å². The van der Waals surface area contributed by atoms with E-state index < -0.39 is 11.2 Å². The van der Waals surface area contributed by atoms with Gasteiger partial charge in [0, 0.05) is 16.5 Å². The Balaban J connectivity index is 2.30. The van der Waals surface area contributed by atoms with Crippen LogP contribution in [0, 0.1) is 0 Å². The van der Waals surface area contributed by atoms with E-state index in [9.17, 15) is 13.2 Å². The first-order chi connectivity index (χ1) is 8.02. The van der Waals surface area contributed by atoms with Gasteiger partial charge in [0.1, 0.15) is 0 Å². The molecule has 2 rings (SSSR count). The number of nitrogens with zero attached hydrogens (tertiary/aromatic N) is 2. The molecule has 8 heteroatoms. The van der Waals surface area contributed by atoms with Crippen molar-refractivity contribution in [3.8, 4) is 0 Å². The quantitative estimate of drug-likeness (QED) is 0.938. The Morgan fingerprint density at radius 1 is 1.35 bits per heavy atom. The van der Waals surface area contributed by atoms with Crippen LogP contribution in [0.4, 0.5) is 13.2 Å². The topological polar surface area (TPSA) is 37.8 Å². The Hall–Kier alpha value is -0.990. The van der Waals surface area contributed by atoms with E-state index in [2.05, 4.69) is 15.3 Å². The Labute approximate surface area is 103 Å². The molecule has 0 aromatic carbocycles. The third-order valence-electron chi connectivity index (χ3n) is 2.09. The highest BCUT2D eigenvalue weighted by atomic mass is 32.1. The fourth-order valence-electron chi connectivity index (χ4n) is 1.35. The van der Waals surface area contributed by atoms with Crippen LogP contribution in [-0.2, 0) is 6.18 Å². The van der Waals surface area contributed by atoms with E-state index in [0.29, 0.717) is 21.9 Å². The molecule has 3 nitrogen and oxygen atoms in total. The third kappa shape index (κ3) is 2.64. The van der Waals surface area contributed by atoms with Crippen molar-refractivity contribution in [2.75, 3.05) is 7.05 Å². The van der Waals surface area contributed by atoms with Gasteiger partial charge < -0.3 is 5.32 Å². The van der Waals surface area contributed by atoms with Crippen molar-refractivity contribution in [3.63, 3.8) is 0 Å². The van der Waals surface area contributed by atoms with Crippen LogP contribution < -0.4 is 5.32 Å². The van der Waals surface area contributed by atoms with E-state index in [1.807, 2.05) is 0 Å². The molecule has 0 bridgehead atoms. The van der Waals surface area contributed by atoms with Gasteiger partial charge in [0.25, 0.3) is 0 Å². The lowest BCUT2D eigenvalue weighted by Crippen LogP contribution is -2.16. The van der Waals surface area contributed by atoms with Gasteiger partial charge in [-0.15, -0.1) is 22.7 Å². The molecular formula is C9H8F3N3S2. The minimum Gasteiger partial charge on any atom is -0.307 e. The maximum Gasteiger partial charge on any atom is 0.443 e. The average Bonchev–Trinajstić information content (AvgIpc) is 2.87. The summed E-state index contributed by atoms with van der Waals surface area (Å²) in [6.45, 7) is 0. The molecule has 92 valence electrons. The Bertz CT molecular complexity index is 478. The minimum absolute atomic E-state index is 0.338. The van der Waals surface area contributed by atoms with Crippen molar-refractivity contribution in [2.45, 2.75) is 12.2 Å². The Kier molecular flexibility index (Phi) is 3.45.